The Morgan fingerprint density at radius 3 is 2.71 bits per heavy atom. The quantitative estimate of drug-likeness (QED) is 0.725. The number of hydrogen-bond acceptors (Lipinski definition) is 4. The first-order valence-electron chi connectivity index (χ1n) is 5.30. The Morgan fingerprint density at radius 2 is 2.18 bits per heavy atom. The van der Waals surface area contributed by atoms with Crippen molar-refractivity contribution in [2.75, 3.05) is 7.11 Å². The largest absolute Gasteiger partial charge is 0.508 e. The van der Waals surface area contributed by atoms with Crippen molar-refractivity contribution >= 4 is 5.97 Å². The van der Waals surface area contributed by atoms with E-state index in [4.69, 9.17) is 15.6 Å². The van der Waals surface area contributed by atoms with Crippen LogP contribution >= 0.6 is 0 Å². The van der Waals surface area contributed by atoms with Gasteiger partial charge >= 0.3 is 5.97 Å². The van der Waals surface area contributed by atoms with Crippen molar-refractivity contribution < 1.29 is 19.7 Å². The molecule has 0 aliphatic heterocycles. The monoisotopic (exact) mass is 239 g/mol. The average Bonchev–Trinajstić information content (AvgIpc) is 2.24. The number of aryl methyl sites for hydroxylation is 1. The minimum Gasteiger partial charge on any atom is -0.508 e. The van der Waals surface area contributed by atoms with Crippen LogP contribution in [0, 0.1) is 6.92 Å². The number of methoxy groups -OCH3 is 1. The highest BCUT2D eigenvalue weighted by molar-refractivity contribution is 5.66. The van der Waals surface area contributed by atoms with E-state index in [-0.39, 0.29) is 12.2 Å². The van der Waals surface area contributed by atoms with Crippen LogP contribution < -0.4 is 10.5 Å². The summed E-state index contributed by atoms with van der Waals surface area (Å²) in [6.45, 7) is 1.80. The number of carbonyl (C=O) groups is 1. The molecule has 0 heterocycles. The maximum absolute atomic E-state index is 10.5. The van der Waals surface area contributed by atoms with Gasteiger partial charge in [0.25, 0.3) is 0 Å². The Labute approximate surface area is 99.8 Å². The zero-order valence-electron chi connectivity index (χ0n) is 9.93. The minimum atomic E-state index is -0.879. The Hall–Kier alpha value is -1.75. The van der Waals surface area contributed by atoms with Crippen molar-refractivity contribution in [3.05, 3.63) is 23.3 Å². The number of rotatable bonds is 5. The summed E-state index contributed by atoms with van der Waals surface area (Å²) in [5, 5.41) is 18.1. The van der Waals surface area contributed by atoms with Crippen LogP contribution in [-0.2, 0) is 4.79 Å². The number of aromatic hydroxyl groups is 1. The fraction of sp³-hybridized carbons (Fsp3) is 0.417. The topological polar surface area (TPSA) is 92.8 Å². The summed E-state index contributed by atoms with van der Waals surface area (Å²) in [6.07, 6.45) is 0.335. The van der Waals surface area contributed by atoms with Crippen LogP contribution in [0.5, 0.6) is 11.5 Å². The number of benzene rings is 1. The Kier molecular flexibility index (Phi) is 4.34. The van der Waals surface area contributed by atoms with Crippen LogP contribution in [-0.4, -0.2) is 23.3 Å². The molecule has 0 fully saturated rings. The van der Waals surface area contributed by atoms with Gasteiger partial charge in [-0.25, -0.2) is 0 Å². The molecular formula is C12H17NO4. The predicted octanol–water partition coefficient (Wildman–Crippen LogP) is 1.57. The van der Waals surface area contributed by atoms with Gasteiger partial charge in [0.05, 0.1) is 7.11 Å². The average molecular weight is 239 g/mol. The lowest BCUT2D eigenvalue weighted by Gasteiger charge is -2.18. The lowest BCUT2D eigenvalue weighted by molar-refractivity contribution is -0.137. The van der Waals surface area contributed by atoms with Gasteiger partial charge in [-0.15, -0.1) is 0 Å². The zero-order valence-corrected chi connectivity index (χ0v) is 9.93. The molecule has 0 aliphatic rings. The fourth-order valence-corrected chi connectivity index (χ4v) is 1.81. The molecule has 0 saturated carbocycles. The van der Waals surface area contributed by atoms with E-state index in [0.29, 0.717) is 12.2 Å². The van der Waals surface area contributed by atoms with E-state index < -0.39 is 12.0 Å². The van der Waals surface area contributed by atoms with Gasteiger partial charge in [-0.05, 0) is 25.0 Å². The molecule has 4 N–H and O–H groups in total. The third-order valence-electron chi connectivity index (χ3n) is 2.59. The molecular weight excluding hydrogens is 222 g/mol. The third kappa shape index (κ3) is 3.35. The lowest BCUT2D eigenvalue weighted by Crippen LogP contribution is -2.14. The molecule has 5 heteroatoms. The van der Waals surface area contributed by atoms with Crippen LogP contribution in [0.25, 0.3) is 0 Å². The second kappa shape index (κ2) is 5.54. The lowest BCUT2D eigenvalue weighted by atomic mass is 9.97. The van der Waals surface area contributed by atoms with E-state index in [1.54, 1.807) is 13.0 Å². The van der Waals surface area contributed by atoms with E-state index in [1.165, 1.54) is 13.2 Å². The highest BCUT2D eigenvalue weighted by Gasteiger charge is 2.17. The predicted molar refractivity (Wildman–Crippen MR) is 63.2 cm³/mol. The van der Waals surface area contributed by atoms with Crippen LogP contribution in [0.2, 0.25) is 0 Å². The van der Waals surface area contributed by atoms with Crippen LogP contribution in [0.1, 0.15) is 30.0 Å². The molecule has 0 radical (unpaired) electrons. The first-order valence-corrected chi connectivity index (χ1v) is 5.30. The minimum absolute atomic E-state index is 0.00460. The molecule has 1 rings (SSSR count). The van der Waals surface area contributed by atoms with Crippen molar-refractivity contribution in [3.8, 4) is 11.5 Å². The molecule has 94 valence electrons. The molecule has 0 aliphatic carbocycles. The second-order valence-corrected chi connectivity index (χ2v) is 3.92. The van der Waals surface area contributed by atoms with Crippen molar-refractivity contribution in [1.29, 1.82) is 0 Å². The third-order valence-corrected chi connectivity index (χ3v) is 2.59. The Balaban J connectivity index is 2.99. The van der Waals surface area contributed by atoms with Crippen molar-refractivity contribution in [1.82, 2.24) is 0 Å². The van der Waals surface area contributed by atoms with E-state index in [9.17, 15) is 9.90 Å². The number of hydrogen-bond donors (Lipinski definition) is 3. The van der Waals surface area contributed by atoms with E-state index in [2.05, 4.69) is 0 Å². The highest BCUT2D eigenvalue weighted by Crippen LogP contribution is 2.33. The van der Waals surface area contributed by atoms with Crippen LogP contribution in [0.15, 0.2) is 12.1 Å². The number of phenols is 1. The summed E-state index contributed by atoms with van der Waals surface area (Å²) in [5.41, 5.74) is 7.48. The summed E-state index contributed by atoms with van der Waals surface area (Å²) < 4.78 is 5.15. The van der Waals surface area contributed by atoms with E-state index >= 15 is 0 Å². The van der Waals surface area contributed by atoms with Crippen molar-refractivity contribution in [2.24, 2.45) is 5.73 Å². The summed E-state index contributed by atoms with van der Waals surface area (Å²) in [7, 11) is 1.49. The number of aliphatic carboxylic acids is 1. The molecule has 1 aromatic rings. The molecule has 0 spiro atoms. The highest BCUT2D eigenvalue weighted by atomic mass is 16.5. The maximum Gasteiger partial charge on any atom is 0.303 e. The van der Waals surface area contributed by atoms with Crippen LogP contribution in [0.4, 0.5) is 0 Å². The van der Waals surface area contributed by atoms with Gasteiger partial charge in [-0.2, -0.15) is 0 Å². The van der Waals surface area contributed by atoms with Crippen molar-refractivity contribution in [3.63, 3.8) is 0 Å². The Morgan fingerprint density at radius 1 is 1.53 bits per heavy atom. The molecule has 0 amide bonds. The van der Waals surface area contributed by atoms with Crippen molar-refractivity contribution in [2.45, 2.75) is 25.8 Å². The SMILES string of the molecule is COc1cc(O)cc(C)c1C(N)CCC(=O)O. The van der Waals surface area contributed by atoms with Gasteiger partial charge in [0.2, 0.25) is 0 Å². The molecule has 1 atom stereocenters. The maximum atomic E-state index is 10.5. The number of carboxylic acids is 1. The smallest absolute Gasteiger partial charge is 0.303 e. The van der Waals surface area contributed by atoms with E-state index in [1.807, 2.05) is 0 Å². The molecule has 17 heavy (non-hydrogen) atoms. The van der Waals surface area contributed by atoms with Gasteiger partial charge in [-0.1, -0.05) is 0 Å². The van der Waals surface area contributed by atoms with Gasteiger partial charge < -0.3 is 20.7 Å². The number of carboxylic acid groups (broad SMARTS) is 1. The summed E-state index contributed by atoms with van der Waals surface area (Å²) in [6, 6.07) is 2.64. The van der Waals surface area contributed by atoms with Gasteiger partial charge in [0.15, 0.2) is 0 Å². The van der Waals surface area contributed by atoms with Crippen LogP contribution in [0.3, 0.4) is 0 Å². The number of ether oxygens (including phenoxy) is 1. The molecule has 5 nitrogen and oxygen atoms in total. The zero-order chi connectivity index (χ0) is 13.0. The molecule has 1 aromatic carbocycles. The number of phenolic OH excluding ortho intramolecular Hbond substituents is 1. The fourth-order valence-electron chi connectivity index (χ4n) is 1.81. The summed E-state index contributed by atoms with van der Waals surface area (Å²) in [4.78, 5) is 10.5. The molecule has 0 aromatic heterocycles. The normalized spacial score (nSPS) is 12.2. The van der Waals surface area contributed by atoms with Gasteiger partial charge in [0.1, 0.15) is 11.5 Å². The number of nitrogens with two attached hydrogens (primary N) is 1. The molecule has 0 saturated heterocycles. The Bertz CT molecular complexity index is 417. The second-order valence-electron chi connectivity index (χ2n) is 3.92. The molecule has 1 unspecified atom stereocenters. The summed E-state index contributed by atoms with van der Waals surface area (Å²) in [5.74, 6) is -0.287. The standard InChI is InChI=1S/C12H17NO4/c1-7-5-8(14)6-10(17-2)12(7)9(13)3-4-11(15)16/h5-6,9,14H,3-4,13H2,1-2H3,(H,15,16). The molecule has 0 bridgehead atoms. The van der Waals surface area contributed by atoms with E-state index in [0.717, 1.165) is 11.1 Å². The first-order chi connectivity index (χ1) is 7.95. The summed E-state index contributed by atoms with van der Waals surface area (Å²) >= 11 is 0. The van der Waals surface area contributed by atoms with Gasteiger partial charge in [0, 0.05) is 24.1 Å². The van der Waals surface area contributed by atoms with Gasteiger partial charge in [-0.3, -0.25) is 4.79 Å². The first kappa shape index (κ1) is 13.3.